The summed E-state index contributed by atoms with van der Waals surface area (Å²) in [6, 6.07) is 10.8. The van der Waals surface area contributed by atoms with Gasteiger partial charge in [0.2, 0.25) is 0 Å². The van der Waals surface area contributed by atoms with Crippen LogP contribution in [0.4, 0.5) is 0 Å². The van der Waals surface area contributed by atoms with Crippen LogP contribution in [0.5, 0.6) is 5.75 Å². The second-order valence-electron chi connectivity index (χ2n) is 6.16. The third-order valence-corrected chi connectivity index (χ3v) is 3.51. The van der Waals surface area contributed by atoms with Crippen molar-refractivity contribution >= 4 is 11.8 Å². The second-order valence-corrected chi connectivity index (χ2v) is 6.16. The van der Waals surface area contributed by atoms with Gasteiger partial charge in [0.15, 0.2) is 5.78 Å². The summed E-state index contributed by atoms with van der Waals surface area (Å²) in [6.45, 7) is 6.00. The van der Waals surface area contributed by atoms with Crippen LogP contribution in [0.2, 0.25) is 0 Å². The first-order valence-corrected chi connectivity index (χ1v) is 6.92. The highest BCUT2D eigenvalue weighted by atomic mass is 16.4. The minimum atomic E-state index is -1.17. The Morgan fingerprint density at radius 2 is 1.50 bits per heavy atom. The quantitative estimate of drug-likeness (QED) is 0.849. The molecule has 0 aromatic heterocycles. The Labute approximate surface area is 129 Å². The molecule has 0 amide bonds. The molecule has 0 aliphatic rings. The Bertz CT molecular complexity index is 739. The zero-order valence-corrected chi connectivity index (χ0v) is 12.8. The molecule has 2 aromatic carbocycles. The Balaban J connectivity index is 2.58. The molecule has 4 heteroatoms. The van der Waals surface area contributed by atoms with Crippen molar-refractivity contribution in [3.63, 3.8) is 0 Å². The smallest absolute Gasteiger partial charge is 0.336 e. The van der Waals surface area contributed by atoms with E-state index in [4.69, 9.17) is 0 Å². The third-order valence-electron chi connectivity index (χ3n) is 3.51. The number of phenols is 1. The summed E-state index contributed by atoms with van der Waals surface area (Å²) in [5.41, 5.74) is 0.807. The summed E-state index contributed by atoms with van der Waals surface area (Å²) in [5.74, 6) is -1.82. The summed E-state index contributed by atoms with van der Waals surface area (Å²) in [4.78, 5) is 23.9. The number of carbonyl (C=O) groups is 2. The van der Waals surface area contributed by atoms with Gasteiger partial charge in [0.1, 0.15) is 5.75 Å². The van der Waals surface area contributed by atoms with Crippen LogP contribution in [0.3, 0.4) is 0 Å². The second kappa shape index (κ2) is 5.64. The summed E-state index contributed by atoms with van der Waals surface area (Å²) < 4.78 is 0. The molecular formula is C18H18O4. The maximum absolute atomic E-state index is 12.6. The molecule has 2 rings (SSSR count). The van der Waals surface area contributed by atoms with Crippen molar-refractivity contribution in [1.29, 1.82) is 0 Å². The van der Waals surface area contributed by atoms with E-state index in [1.165, 1.54) is 18.2 Å². The van der Waals surface area contributed by atoms with Gasteiger partial charge in [-0.2, -0.15) is 0 Å². The molecule has 0 radical (unpaired) electrons. The Kier molecular flexibility index (Phi) is 4.04. The molecule has 0 saturated carbocycles. The predicted molar refractivity (Wildman–Crippen MR) is 83.6 cm³/mol. The van der Waals surface area contributed by atoms with Crippen molar-refractivity contribution < 1.29 is 19.8 Å². The number of carboxylic acids is 1. The summed E-state index contributed by atoms with van der Waals surface area (Å²) in [6.07, 6.45) is 0. The van der Waals surface area contributed by atoms with Gasteiger partial charge in [-0.25, -0.2) is 4.79 Å². The minimum Gasteiger partial charge on any atom is -0.507 e. The number of rotatable bonds is 3. The highest BCUT2D eigenvalue weighted by molar-refractivity contribution is 6.15. The van der Waals surface area contributed by atoms with Gasteiger partial charge in [0.05, 0.1) is 11.1 Å². The summed E-state index contributed by atoms with van der Waals surface area (Å²) >= 11 is 0. The minimum absolute atomic E-state index is 0.0661. The molecule has 0 aliphatic heterocycles. The number of hydrogen-bond donors (Lipinski definition) is 2. The van der Waals surface area contributed by atoms with Gasteiger partial charge in [0.25, 0.3) is 0 Å². The first-order chi connectivity index (χ1) is 10.2. The normalized spacial score (nSPS) is 11.2. The van der Waals surface area contributed by atoms with Crippen molar-refractivity contribution in [2.45, 2.75) is 26.2 Å². The van der Waals surface area contributed by atoms with Crippen LogP contribution < -0.4 is 0 Å². The monoisotopic (exact) mass is 298 g/mol. The molecule has 2 N–H and O–H groups in total. The summed E-state index contributed by atoms with van der Waals surface area (Å²) in [5, 5.41) is 19.2. The van der Waals surface area contributed by atoms with Gasteiger partial charge in [-0.15, -0.1) is 0 Å². The van der Waals surface area contributed by atoms with Gasteiger partial charge in [-0.3, -0.25) is 4.79 Å². The van der Waals surface area contributed by atoms with Gasteiger partial charge in [-0.1, -0.05) is 45.0 Å². The standard InChI is InChI=1S/C18H18O4/c1-18(2,3)11-8-9-15(19)14(10-11)16(20)12-6-4-5-7-13(12)17(21)22/h4-10,19H,1-3H3,(H,21,22). The first-order valence-electron chi connectivity index (χ1n) is 6.92. The number of ketones is 1. The Hall–Kier alpha value is -2.62. The van der Waals surface area contributed by atoms with Gasteiger partial charge in [0, 0.05) is 5.56 Å². The van der Waals surface area contributed by atoms with Crippen LogP contribution in [-0.4, -0.2) is 22.0 Å². The van der Waals surface area contributed by atoms with Gasteiger partial charge < -0.3 is 10.2 Å². The number of hydrogen-bond acceptors (Lipinski definition) is 3. The lowest BCUT2D eigenvalue weighted by Crippen LogP contribution is -2.14. The number of carbonyl (C=O) groups excluding carboxylic acids is 1. The summed E-state index contributed by atoms with van der Waals surface area (Å²) in [7, 11) is 0. The fraction of sp³-hybridized carbons (Fsp3) is 0.222. The number of benzene rings is 2. The molecular weight excluding hydrogens is 280 g/mol. The van der Waals surface area contributed by atoms with E-state index in [1.54, 1.807) is 24.3 Å². The van der Waals surface area contributed by atoms with Gasteiger partial charge in [-0.05, 0) is 29.2 Å². The van der Waals surface area contributed by atoms with E-state index >= 15 is 0 Å². The van der Waals surface area contributed by atoms with Crippen LogP contribution in [0.1, 0.15) is 52.6 Å². The molecule has 0 fully saturated rings. The Morgan fingerprint density at radius 3 is 2.05 bits per heavy atom. The largest absolute Gasteiger partial charge is 0.507 e. The molecule has 0 saturated heterocycles. The molecule has 0 heterocycles. The van der Waals surface area contributed by atoms with E-state index in [1.807, 2.05) is 20.8 Å². The number of aromatic carboxylic acids is 1. The van der Waals surface area contributed by atoms with Gasteiger partial charge >= 0.3 is 5.97 Å². The lowest BCUT2D eigenvalue weighted by atomic mass is 9.85. The first kappa shape index (κ1) is 15.8. The van der Waals surface area contributed by atoms with Crippen LogP contribution in [0, 0.1) is 0 Å². The maximum atomic E-state index is 12.6. The SMILES string of the molecule is CC(C)(C)c1ccc(O)c(C(=O)c2ccccc2C(=O)O)c1. The zero-order chi connectivity index (χ0) is 16.5. The van der Waals surface area contributed by atoms with Crippen molar-refractivity contribution in [3.05, 3.63) is 64.7 Å². The highest BCUT2D eigenvalue weighted by Gasteiger charge is 2.22. The van der Waals surface area contributed by atoms with Crippen molar-refractivity contribution in [3.8, 4) is 5.75 Å². The van der Waals surface area contributed by atoms with Crippen LogP contribution in [-0.2, 0) is 5.41 Å². The molecule has 4 nitrogen and oxygen atoms in total. The van der Waals surface area contributed by atoms with Crippen molar-refractivity contribution in [2.75, 3.05) is 0 Å². The number of aromatic hydroxyl groups is 1. The van der Waals surface area contributed by atoms with E-state index in [0.717, 1.165) is 5.56 Å². The molecule has 22 heavy (non-hydrogen) atoms. The van der Waals surface area contributed by atoms with Crippen molar-refractivity contribution in [2.24, 2.45) is 0 Å². The average molecular weight is 298 g/mol. The Morgan fingerprint density at radius 1 is 0.909 bits per heavy atom. The molecule has 0 aliphatic carbocycles. The molecule has 2 aromatic rings. The molecule has 0 bridgehead atoms. The van der Waals surface area contributed by atoms with E-state index in [2.05, 4.69) is 0 Å². The third kappa shape index (κ3) is 3.01. The fourth-order valence-electron chi connectivity index (χ4n) is 2.20. The molecule has 0 unspecified atom stereocenters. The lowest BCUT2D eigenvalue weighted by molar-refractivity contribution is 0.0692. The fourth-order valence-corrected chi connectivity index (χ4v) is 2.20. The molecule has 0 atom stereocenters. The topological polar surface area (TPSA) is 74.6 Å². The van der Waals surface area contributed by atoms with Crippen LogP contribution in [0.15, 0.2) is 42.5 Å². The number of carboxylic acid groups (broad SMARTS) is 1. The van der Waals surface area contributed by atoms with Crippen molar-refractivity contribution in [1.82, 2.24) is 0 Å². The van der Waals surface area contributed by atoms with E-state index < -0.39 is 11.8 Å². The maximum Gasteiger partial charge on any atom is 0.336 e. The van der Waals surface area contributed by atoms with E-state index in [0.29, 0.717) is 0 Å². The highest BCUT2D eigenvalue weighted by Crippen LogP contribution is 2.29. The molecule has 0 spiro atoms. The molecule has 114 valence electrons. The lowest BCUT2D eigenvalue weighted by Gasteiger charge is -2.20. The average Bonchev–Trinajstić information content (AvgIpc) is 2.45. The van der Waals surface area contributed by atoms with E-state index in [9.17, 15) is 19.8 Å². The predicted octanol–water partition coefficient (Wildman–Crippen LogP) is 3.62. The van der Waals surface area contributed by atoms with Crippen LogP contribution >= 0.6 is 0 Å². The number of phenolic OH excluding ortho intramolecular Hbond substituents is 1. The zero-order valence-electron chi connectivity index (χ0n) is 12.8. The van der Waals surface area contributed by atoms with Crippen LogP contribution in [0.25, 0.3) is 0 Å². The van der Waals surface area contributed by atoms with E-state index in [-0.39, 0.29) is 27.9 Å².